The van der Waals surface area contributed by atoms with Crippen molar-refractivity contribution in [3.63, 3.8) is 0 Å². The summed E-state index contributed by atoms with van der Waals surface area (Å²) in [5.74, 6) is 2.25. The molecule has 8 heterocycles. The lowest BCUT2D eigenvalue weighted by Crippen LogP contribution is -2.56. The van der Waals surface area contributed by atoms with Crippen LogP contribution in [0.4, 0.5) is 9.59 Å². The number of aromatic nitrogens is 6. The molecule has 402 valence electrons. The number of aromatic amines is 2. The summed E-state index contributed by atoms with van der Waals surface area (Å²) in [5.41, 5.74) is 7.14. The Morgan fingerprint density at radius 1 is 0.842 bits per heavy atom. The van der Waals surface area contributed by atoms with E-state index in [1.54, 1.807) is 11.3 Å². The summed E-state index contributed by atoms with van der Waals surface area (Å²) in [7, 11) is 2.62. The number of hydrogen-bond donors (Lipinski definition) is 4. The van der Waals surface area contributed by atoms with Gasteiger partial charge in [-0.3, -0.25) is 14.2 Å². The van der Waals surface area contributed by atoms with E-state index >= 15 is 0 Å². The minimum Gasteiger partial charge on any atom is -0.464 e. The molecule has 1 saturated carbocycles. The third-order valence-electron chi connectivity index (χ3n) is 16.9. The summed E-state index contributed by atoms with van der Waals surface area (Å²) in [5, 5.41) is 7.84. The molecule has 3 saturated heterocycles. The number of hydrogen-bond acceptors (Lipinski definition) is 12. The van der Waals surface area contributed by atoms with Crippen LogP contribution in [0.15, 0.2) is 55.0 Å². The maximum Gasteiger partial charge on any atom is 0.407 e. The fourth-order valence-electron chi connectivity index (χ4n) is 12.4. The van der Waals surface area contributed by atoms with Crippen LogP contribution in [0.25, 0.3) is 44.7 Å². The van der Waals surface area contributed by atoms with Gasteiger partial charge in [0.2, 0.25) is 18.0 Å². The minimum absolute atomic E-state index is 0.0928. The second-order valence-electron chi connectivity index (χ2n) is 22.6. The van der Waals surface area contributed by atoms with Gasteiger partial charge in [-0.25, -0.2) is 24.5 Å². The zero-order chi connectivity index (χ0) is 53.3. The van der Waals surface area contributed by atoms with Crippen LogP contribution in [0, 0.1) is 24.7 Å². The number of carbonyl (C=O) groups excluding carboxylic acids is 4. The van der Waals surface area contributed by atoms with Gasteiger partial charge in [0.1, 0.15) is 29.5 Å². The number of alkyl carbamates (subject to hydrolysis) is 2. The SMILES string of the molecule is COC(=O)NC(C(=O)N1[C@H](C)[C@H](C)C[C@H]1c1ncc(-c2ccc3c(c2)cc2n3C(c3cnc(C4CCC4)s3)Oc3cc(-c4cnc([C@@H]5CCCN5C(=O)[C@@H](NC(=O)OC)C(C)C)[nH]4)cc(C)c3-2)[nH]1)C1CCOC(C)(C)C1. The lowest BCUT2D eigenvalue weighted by molar-refractivity contribution is -0.141. The number of methoxy groups -OCH3 is 2. The Labute approximate surface area is 447 Å². The number of fused-ring (bicyclic) bond motifs is 5. The number of H-pyrrole nitrogens is 2. The van der Waals surface area contributed by atoms with Gasteiger partial charge >= 0.3 is 12.2 Å². The first kappa shape index (κ1) is 51.4. The van der Waals surface area contributed by atoms with E-state index in [-0.39, 0.29) is 47.7 Å². The molecule has 0 spiro atoms. The first-order valence-corrected chi connectivity index (χ1v) is 27.8. The number of benzene rings is 2. The molecule has 4 amide bonds. The van der Waals surface area contributed by atoms with Crippen molar-refractivity contribution in [2.45, 2.75) is 148 Å². The first-order valence-electron chi connectivity index (χ1n) is 27.0. The molecule has 2 aromatic carbocycles. The molecule has 8 atom stereocenters. The number of likely N-dealkylation sites (tertiary alicyclic amines) is 2. The summed E-state index contributed by atoms with van der Waals surface area (Å²) in [4.78, 5) is 80.5. The summed E-state index contributed by atoms with van der Waals surface area (Å²) in [6.45, 7) is 15.3. The Morgan fingerprint density at radius 3 is 2.26 bits per heavy atom. The number of nitrogens with zero attached hydrogens (tertiary/aromatic N) is 6. The minimum atomic E-state index is -0.778. The molecular weight excluding hydrogens is 985 g/mol. The number of nitrogens with one attached hydrogen (secondary N) is 4. The highest BCUT2D eigenvalue weighted by atomic mass is 32.1. The maximum atomic E-state index is 14.8. The van der Waals surface area contributed by atoms with Crippen LogP contribution in [0.2, 0.25) is 0 Å². The highest BCUT2D eigenvalue weighted by molar-refractivity contribution is 7.11. The predicted octanol–water partition coefficient (Wildman–Crippen LogP) is 10.3. The van der Waals surface area contributed by atoms with Crippen molar-refractivity contribution in [3.05, 3.63) is 82.1 Å². The Hall–Kier alpha value is -6.73. The van der Waals surface area contributed by atoms with Gasteiger partial charge in [0, 0.05) is 53.4 Å². The molecule has 76 heavy (non-hydrogen) atoms. The van der Waals surface area contributed by atoms with Gasteiger partial charge in [0.05, 0.1) is 76.8 Å². The molecule has 4 N–H and O–H groups in total. The van der Waals surface area contributed by atoms with Gasteiger partial charge in [-0.15, -0.1) is 11.3 Å². The van der Waals surface area contributed by atoms with Crippen molar-refractivity contribution in [2.24, 2.45) is 17.8 Å². The van der Waals surface area contributed by atoms with Crippen LogP contribution < -0.4 is 15.4 Å². The van der Waals surface area contributed by atoms with Crippen molar-refractivity contribution in [3.8, 4) is 39.5 Å². The first-order chi connectivity index (χ1) is 36.5. The largest absolute Gasteiger partial charge is 0.464 e. The van der Waals surface area contributed by atoms with E-state index in [0.717, 1.165) is 98.0 Å². The lowest BCUT2D eigenvalue weighted by atomic mass is 9.82. The molecule has 4 aromatic heterocycles. The Kier molecular flexibility index (Phi) is 13.7. The predicted molar refractivity (Wildman–Crippen MR) is 288 cm³/mol. The van der Waals surface area contributed by atoms with Gasteiger partial charge in [0.15, 0.2) is 0 Å². The van der Waals surface area contributed by atoms with Gasteiger partial charge in [-0.1, -0.05) is 33.3 Å². The monoisotopic (exact) mass is 1050 g/mol. The van der Waals surface area contributed by atoms with Crippen molar-refractivity contribution in [1.82, 2.24) is 49.9 Å². The van der Waals surface area contributed by atoms with Crippen LogP contribution in [-0.2, 0) is 23.8 Å². The highest BCUT2D eigenvalue weighted by Crippen LogP contribution is 2.50. The van der Waals surface area contributed by atoms with E-state index < -0.39 is 36.1 Å². The van der Waals surface area contributed by atoms with E-state index in [4.69, 9.17) is 33.9 Å². The molecule has 1 aliphatic carbocycles. The van der Waals surface area contributed by atoms with Crippen LogP contribution in [-0.4, -0.2) is 114 Å². The Balaban J connectivity index is 0.910. The smallest absolute Gasteiger partial charge is 0.407 e. The second kappa shape index (κ2) is 20.3. The van der Waals surface area contributed by atoms with Gasteiger partial charge in [-0.05, 0) is 126 Å². The number of carbonyl (C=O) groups is 4. The quantitative estimate of drug-likeness (QED) is 0.0906. The molecular formula is C57H70N10O8S. The standard InChI is InChI=1S/C57H70N10O8S/c1-29(2)47(63-55(70)72-8)52(68)65-18-11-14-41(65)49-58-27-39(62-49)36-20-31(4)46-42-23-37-22-34(15-16-40(37)67(42)54(75-44(46)24-36)45-28-60-51(76-45)33-12-10-13-33)38-26-59-50(61-38)43-21-30(3)32(5)66(43)53(69)48(64-56(71)73-9)35-17-19-74-57(6,7)25-35/h15-16,20,22-24,26-30,32-33,35,41,43,47-48,54H,10-14,17-19,21,25H2,1-9H3,(H,58,62)(H,59,61)(H,63,70)(H,64,71)/t30-,32-,35?,41+,43+,47+,48?,54?/m1/s1. The fourth-order valence-corrected chi connectivity index (χ4v) is 13.5. The lowest BCUT2D eigenvalue weighted by Gasteiger charge is -2.41. The van der Waals surface area contributed by atoms with Gasteiger partial charge in [0.25, 0.3) is 0 Å². The molecule has 3 unspecified atom stereocenters. The van der Waals surface area contributed by atoms with Crippen molar-refractivity contribution >= 4 is 46.2 Å². The van der Waals surface area contributed by atoms with Crippen molar-refractivity contribution in [1.29, 1.82) is 0 Å². The molecule has 19 heteroatoms. The van der Waals surface area contributed by atoms with Crippen LogP contribution in [0.1, 0.15) is 144 Å². The van der Waals surface area contributed by atoms with E-state index in [1.165, 1.54) is 20.6 Å². The number of imidazole rings is 2. The van der Waals surface area contributed by atoms with Crippen molar-refractivity contribution < 1.29 is 38.1 Å². The molecule has 5 aliphatic rings. The zero-order valence-electron chi connectivity index (χ0n) is 44.9. The zero-order valence-corrected chi connectivity index (χ0v) is 45.7. The third-order valence-corrected chi connectivity index (χ3v) is 18.0. The summed E-state index contributed by atoms with van der Waals surface area (Å²) in [6.07, 6.45) is 11.0. The average molecular weight is 1060 g/mol. The van der Waals surface area contributed by atoms with E-state index in [1.807, 2.05) is 56.1 Å². The molecule has 0 radical (unpaired) electrons. The number of aryl methyl sites for hydroxylation is 1. The molecule has 11 rings (SSSR count). The van der Waals surface area contributed by atoms with E-state index in [0.29, 0.717) is 43.6 Å². The third kappa shape index (κ3) is 9.40. The van der Waals surface area contributed by atoms with Crippen LogP contribution in [0.5, 0.6) is 5.75 Å². The summed E-state index contributed by atoms with van der Waals surface area (Å²) in [6, 6.07) is 10.7. The molecule has 4 aliphatic heterocycles. The maximum absolute atomic E-state index is 14.8. The van der Waals surface area contributed by atoms with Gasteiger partial charge < -0.3 is 49.3 Å². The Morgan fingerprint density at radius 2 is 1.57 bits per heavy atom. The average Bonchev–Trinajstić information content (AvgIpc) is 4.27. The second-order valence-corrected chi connectivity index (χ2v) is 23.7. The Bertz CT molecular complexity index is 3190. The molecule has 4 fully saturated rings. The molecule has 0 bridgehead atoms. The number of amides is 4. The fraction of sp³-hybridized carbons (Fsp3) is 0.526. The van der Waals surface area contributed by atoms with Crippen LogP contribution in [0.3, 0.4) is 0 Å². The highest BCUT2D eigenvalue weighted by Gasteiger charge is 2.47. The van der Waals surface area contributed by atoms with E-state index in [2.05, 4.69) is 82.3 Å². The number of thiazole rings is 1. The van der Waals surface area contributed by atoms with Gasteiger partial charge in [-0.2, -0.15) is 0 Å². The van der Waals surface area contributed by atoms with Crippen molar-refractivity contribution in [2.75, 3.05) is 27.4 Å². The molecule has 18 nitrogen and oxygen atoms in total. The number of rotatable bonds is 12. The number of ether oxygens (including phenoxy) is 4. The summed E-state index contributed by atoms with van der Waals surface area (Å²) >= 11 is 1.73. The normalized spacial score (nSPS) is 23.9. The summed E-state index contributed by atoms with van der Waals surface area (Å²) < 4.78 is 25.4. The topological polar surface area (TPSA) is 211 Å². The molecule has 6 aromatic rings. The van der Waals surface area contributed by atoms with Crippen LogP contribution >= 0.6 is 11.3 Å². The van der Waals surface area contributed by atoms with E-state index in [9.17, 15) is 19.2 Å².